The summed E-state index contributed by atoms with van der Waals surface area (Å²) in [6.07, 6.45) is 7.60. The molecule has 1 aromatic rings. The minimum absolute atomic E-state index is 0.374. The average molecular weight is 388 g/mol. The predicted octanol–water partition coefficient (Wildman–Crippen LogP) is 2.58. The lowest BCUT2D eigenvalue weighted by Gasteiger charge is -2.46. The summed E-state index contributed by atoms with van der Waals surface area (Å²) < 4.78 is 5.81. The molecule has 1 N–H and O–H groups in total. The van der Waals surface area contributed by atoms with Crippen LogP contribution in [0.25, 0.3) is 0 Å². The van der Waals surface area contributed by atoms with Crippen molar-refractivity contribution in [3.63, 3.8) is 0 Å². The summed E-state index contributed by atoms with van der Waals surface area (Å²) >= 11 is 0. The summed E-state index contributed by atoms with van der Waals surface area (Å²) in [7, 11) is 0. The van der Waals surface area contributed by atoms with E-state index in [4.69, 9.17) is 4.74 Å². The minimum Gasteiger partial charge on any atom is -0.491 e. The number of benzene rings is 1. The maximum atomic E-state index is 10.2. The van der Waals surface area contributed by atoms with Crippen LogP contribution < -0.4 is 4.74 Å². The van der Waals surface area contributed by atoms with E-state index < -0.39 is 6.10 Å². The molecule has 156 valence electrons. The number of ether oxygens (including phenoxy) is 1. The molecule has 3 heterocycles. The number of nitrogens with zero attached hydrogens (tertiary/aromatic N) is 3. The fraction of sp³-hybridized carbons (Fsp3) is 0.739. The normalized spacial score (nSPS) is 24.0. The maximum absolute atomic E-state index is 10.2. The zero-order valence-corrected chi connectivity index (χ0v) is 17.3. The first-order chi connectivity index (χ1) is 13.8. The molecule has 3 aliphatic heterocycles. The zero-order valence-electron chi connectivity index (χ0n) is 17.3. The van der Waals surface area contributed by atoms with E-state index in [0.29, 0.717) is 6.61 Å². The first-order valence-corrected chi connectivity index (χ1v) is 11.3. The molecule has 0 aromatic heterocycles. The van der Waals surface area contributed by atoms with Gasteiger partial charge in [0.25, 0.3) is 0 Å². The lowest BCUT2D eigenvalue weighted by molar-refractivity contribution is 0.0186. The van der Waals surface area contributed by atoms with Gasteiger partial charge >= 0.3 is 0 Å². The van der Waals surface area contributed by atoms with Gasteiger partial charge < -0.3 is 14.7 Å². The maximum Gasteiger partial charge on any atom is 0.119 e. The number of hydrogen-bond acceptors (Lipinski definition) is 5. The summed E-state index contributed by atoms with van der Waals surface area (Å²) in [6.45, 7) is 9.37. The molecule has 3 saturated heterocycles. The third kappa shape index (κ3) is 5.69. The Kier molecular flexibility index (Phi) is 7.24. The average Bonchev–Trinajstić information content (AvgIpc) is 2.71. The van der Waals surface area contributed by atoms with Crippen molar-refractivity contribution < 1.29 is 9.84 Å². The lowest BCUT2D eigenvalue weighted by Crippen LogP contribution is -2.59. The van der Waals surface area contributed by atoms with Crippen molar-refractivity contribution in [1.29, 1.82) is 0 Å². The first kappa shape index (κ1) is 20.1. The Hall–Kier alpha value is -1.14. The Morgan fingerprint density at radius 2 is 1.50 bits per heavy atom. The molecule has 0 spiro atoms. The topological polar surface area (TPSA) is 39.2 Å². The van der Waals surface area contributed by atoms with E-state index in [0.717, 1.165) is 38.0 Å². The minimum atomic E-state index is -0.411. The summed E-state index contributed by atoms with van der Waals surface area (Å²) in [4.78, 5) is 7.58. The van der Waals surface area contributed by atoms with Crippen molar-refractivity contribution in [3.8, 4) is 5.75 Å². The Morgan fingerprint density at radius 1 is 0.857 bits per heavy atom. The predicted molar refractivity (Wildman–Crippen MR) is 113 cm³/mol. The molecule has 0 radical (unpaired) electrons. The van der Waals surface area contributed by atoms with Crippen LogP contribution in [0.4, 0.5) is 0 Å². The molecule has 0 amide bonds. The molecule has 5 heteroatoms. The molecule has 0 aliphatic carbocycles. The van der Waals surface area contributed by atoms with Gasteiger partial charge in [-0.15, -0.1) is 0 Å². The molecule has 28 heavy (non-hydrogen) atoms. The molecule has 0 unspecified atom stereocenters. The molecule has 0 saturated carbocycles. The second-order valence-electron chi connectivity index (χ2n) is 8.91. The van der Waals surface area contributed by atoms with Gasteiger partial charge in [-0.25, -0.2) is 0 Å². The van der Waals surface area contributed by atoms with Crippen LogP contribution >= 0.6 is 0 Å². The van der Waals surface area contributed by atoms with E-state index in [9.17, 15) is 5.11 Å². The Morgan fingerprint density at radius 3 is 2.18 bits per heavy atom. The number of rotatable bonds is 8. The van der Waals surface area contributed by atoms with Crippen LogP contribution in [0.1, 0.15) is 44.1 Å². The van der Waals surface area contributed by atoms with Crippen molar-refractivity contribution in [2.24, 2.45) is 0 Å². The molecular weight excluding hydrogens is 350 g/mol. The molecule has 1 aromatic carbocycles. The van der Waals surface area contributed by atoms with Crippen molar-refractivity contribution in [1.82, 2.24) is 14.7 Å². The highest BCUT2D eigenvalue weighted by Crippen LogP contribution is 2.22. The number of aliphatic hydroxyl groups is 1. The molecule has 3 fully saturated rings. The van der Waals surface area contributed by atoms with Gasteiger partial charge in [0.1, 0.15) is 18.5 Å². The monoisotopic (exact) mass is 387 g/mol. The molecule has 5 nitrogen and oxygen atoms in total. The number of likely N-dealkylation sites (tertiary alicyclic amines) is 3. The van der Waals surface area contributed by atoms with Crippen molar-refractivity contribution in [2.75, 3.05) is 52.4 Å². The Bertz CT molecular complexity index is 576. The Labute approximate surface area is 170 Å². The highest BCUT2D eigenvalue weighted by molar-refractivity contribution is 5.27. The molecule has 4 rings (SSSR count). The van der Waals surface area contributed by atoms with Crippen LogP contribution in [-0.2, 0) is 6.54 Å². The third-order valence-electron chi connectivity index (χ3n) is 6.53. The van der Waals surface area contributed by atoms with Gasteiger partial charge in [0.15, 0.2) is 0 Å². The largest absolute Gasteiger partial charge is 0.491 e. The van der Waals surface area contributed by atoms with E-state index >= 15 is 0 Å². The van der Waals surface area contributed by atoms with Gasteiger partial charge in [0.2, 0.25) is 0 Å². The lowest BCUT2D eigenvalue weighted by atomic mass is 10.0. The SMILES string of the molecule is O[C@H](COc1ccc(CN2CC(N3CCCCC3)C2)cc1)CN1CCCCC1. The summed E-state index contributed by atoms with van der Waals surface area (Å²) in [5.41, 5.74) is 1.35. The third-order valence-corrected chi connectivity index (χ3v) is 6.53. The zero-order chi connectivity index (χ0) is 19.2. The van der Waals surface area contributed by atoms with Crippen molar-refractivity contribution in [2.45, 2.75) is 57.2 Å². The van der Waals surface area contributed by atoms with E-state index in [1.54, 1.807) is 0 Å². The van der Waals surface area contributed by atoms with Crippen LogP contribution in [0.15, 0.2) is 24.3 Å². The first-order valence-electron chi connectivity index (χ1n) is 11.3. The van der Waals surface area contributed by atoms with Crippen LogP contribution in [0, 0.1) is 0 Å². The second-order valence-corrected chi connectivity index (χ2v) is 8.91. The number of β-amino-alcohol motifs (C(OH)–C–C–N with tert-alkyl or cyclic N) is 1. The summed E-state index contributed by atoms with van der Waals surface area (Å²) in [5.74, 6) is 0.858. The van der Waals surface area contributed by atoms with Gasteiger partial charge in [-0.05, 0) is 69.6 Å². The van der Waals surface area contributed by atoms with E-state index in [-0.39, 0.29) is 0 Å². The van der Waals surface area contributed by atoms with Crippen molar-refractivity contribution in [3.05, 3.63) is 29.8 Å². The summed E-state index contributed by atoms with van der Waals surface area (Å²) in [5, 5.41) is 10.2. The number of piperidine rings is 2. The van der Waals surface area contributed by atoms with E-state index in [1.165, 1.54) is 70.3 Å². The quantitative estimate of drug-likeness (QED) is 0.742. The van der Waals surface area contributed by atoms with Gasteiger partial charge in [-0.2, -0.15) is 0 Å². The highest BCUT2D eigenvalue weighted by atomic mass is 16.5. The summed E-state index contributed by atoms with van der Waals surface area (Å²) in [6, 6.07) is 9.21. The van der Waals surface area contributed by atoms with Crippen LogP contribution in [0.5, 0.6) is 5.75 Å². The van der Waals surface area contributed by atoms with Crippen LogP contribution in [0.2, 0.25) is 0 Å². The van der Waals surface area contributed by atoms with E-state index in [1.807, 2.05) is 12.1 Å². The molecule has 0 bridgehead atoms. The highest BCUT2D eigenvalue weighted by Gasteiger charge is 2.31. The van der Waals surface area contributed by atoms with Crippen molar-refractivity contribution >= 4 is 0 Å². The van der Waals surface area contributed by atoms with Gasteiger partial charge in [-0.1, -0.05) is 25.0 Å². The van der Waals surface area contributed by atoms with Gasteiger partial charge in [0, 0.05) is 32.2 Å². The van der Waals surface area contributed by atoms with Gasteiger partial charge in [-0.3, -0.25) is 9.80 Å². The second kappa shape index (κ2) is 10.1. The molecular formula is C23H37N3O2. The van der Waals surface area contributed by atoms with Gasteiger partial charge in [0.05, 0.1) is 0 Å². The standard InChI is InChI=1S/C23H37N3O2/c27-22(18-24-11-3-1-4-12-24)19-28-23-9-7-20(8-10-23)15-25-16-21(17-25)26-13-5-2-6-14-26/h7-10,21-22,27H,1-6,11-19H2/t22-/m0/s1. The fourth-order valence-electron chi connectivity index (χ4n) is 4.82. The Balaban J connectivity index is 1.14. The van der Waals surface area contributed by atoms with E-state index in [2.05, 4.69) is 26.8 Å². The van der Waals surface area contributed by atoms with Crippen LogP contribution in [0.3, 0.4) is 0 Å². The smallest absolute Gasteiger partial charge is 0.119 e. The molecule has 3 aliphatic rings. The number of hydrogen-bond donors (Lipinski definition) is 1. The fourth-order valence-corrected chi connectivity index (χ4v) is 4.82. The molecule has 1 atom stereocenters. The van der Waals surface area contributed by atoms with Crippen LogP contribution in [-0.4, -0.2) is 84.4 Å². The number of aliphatic hydroxyl groups excluding tert-OH is 1.